The van der Waals surface area contributed by atoms with Gasteiger partial charge in [0.15, 0.2) is 0 Å². The van der Waals surface area contributed by atoms with Crippen LogP contribution in [0.4, 0.5) is 0 Å². The Bertz CT molecular complexity index is 132. The average Bonchev–Trinajstić information content (AvgIpc) is 1.77. The summed E-state index contributed by atoms with van der Waals surface area (Å²) >= 11 is 6.39. The van der Waals surface area contributed by atoms with Crippen LogP contribution in [0, 0.1) is 0 Å². The van der Waals surface area contributed by atoms with Gasteiger partial charge in [-0.15, -0.1) is 0 Å². The van der Waals surface area contributed by atoms with Crippen LogP contribution in [0.15, 0.2) is 21.4 Å². The molecule has 2 nitrogen and oxygen atoms in total. The average molecular weight is 239 g/mol. The van der Waals surface area contributed by atoms with Crippen molar-refractivity contribution in [2.75, 3.05) is 0 Å². The highest BCUT2D eigenvalue weighted by Gasteiger charge is 1.84. The quantitative estimate of drug-likeness (QED) is 0.645. The smallest absolute Gasteiger partial charge is 0.0647 e. The summed E-state index contributed by atoms with van der Waals surface area (Å²) in [5, 5.41) is 0. The Balaban J connectivity index is 2.65. The number of nitrogens with one attached hydrogen (secondary N) is 1. The Morgan fingerprint density at radius 3 is 2.50 bits per heavy atom. The molecule has 0 atom stereocenters. The molecular formula is C4H3Br2N2-. The molecule has 0 bridgehead atoms. The van der Waals surface area contributed by atoms with Gasteiger partial charge in [0, 0.05) is 0 Å². The van der Waals surface area contributed by atoms with Gasteiger partial charge in [-0.05, 0) is 22.0 Å². The Hall–Kier alpha value is 0.0400. The first-order valence-corrected chi connectivity index (χ1v) is 3.57. The Morgan fingerprint density at radius 1 is 1.38 bits per heavy atom. The molecule has 0 aromatic rings. The molecule has 0 aliphatic carbocycles. The van der Waals surface area contributed by atoms with E-state index in [0.29, 0.717) is 0 Å². The lowest BCUT2D eigenvalue weighted by Gasteiger charge is -2.25. The normalized spacial score (nSPS) is 17.8. The lowest BCUT2D eigenvalue weighted by molar-refractivity contribution is 1.09. The molecule has 44 valence electrons. The van der Waals surface area contributed by atoms with Crippen molar-refractivity contribution in [1.29, 1.82) is 0 Å². The van der Waals surface area contributed by atoms with Gasteiger partial charge >= 0.3 is 0 Å². The maximum Gasteiger partial charge on any atom is 0.0647 e. The molecule has 0 aromatic carbocycles. The first kappa shape index (κ1) is 6.16. The summed E-state index contributed by atoms with van der Waals surface area (Å²) in [4.78, 5) is 0. The molecule has 1 rings (SSSR count). The topological polar surface area (TPSA) is 26.1 Å². The van der Waals surface area contributed by atoms with Crippen molar-refractivity contribution in [2.45, 2.75) is 0 Å². The van der Waals surface area contributed by atoms with Gasteiger partial charge in [-0.3, -0.25) is 0 Å². The fourth-order valence-electron chi connectivity index (χ4n) is 0.323. The van der Waals surface area contributed by atoms with Crippen LogP contribution < -0.4 is 5.43 Å². The van der Waals surface area contributed by atoms with Gasteiger partial charge in [0.25, 0.3) is 0 Å². The van der Waals surface area contributed by atoms with Crippen molar-refractivity contribution in [2.24, 2.45) is 0 Å². The summed E-state index contributed by atoms with van der Waals surface area (Å²) < 4.78 is 1.68. The van der Waals surface area contributed by atoms with E-state index < -0.39 is 0 Å². The van der Waals surface area contributed by atoms with Crippen LogP contribution in [0.5, 0.6) is 0 Å². The van der Waals surface area contributed by atoms with Gasteiger partial charge in [0.1, 0.15) is 0 Å². The van der Waals surface area contributed by atoms with Gasteiger partial charge in [-0.1, -0.05) is 26.6 Å². The van der Waals surface area contributed by atoms with E-state index in [4.69, 9.17) is 0 Å². The minimum atomic E-state index is 0.806. The van der Waals surface area contributed by atoms with Crippen molar-refractivity contribution in [3.8, 4) is 0 Å². The number of hydrogen-bond donors (Lipinski definition) is 1. The van der Waals surface area contributed by atoms with Gasteiger partial charge in [-0.2, -0.15) is 0 Å². The van der Waals surface area contributed by atoms with Gasteiger partial charge < -0.3 is 10.9 Å². The highest BCUT2D eigenvalue weighted by molar-refractivity contribution is 9.12. The van der Waals surface area contributed by atoms with Gasteiger partial charge in [0.2, 0.25) is 0 Å². The molecular weight excluding hydrogens is 236 g/mol. The van der Waals surface area contributed by atoms with Gasteiger partial charge in [-0.25, -0.2) is 0 Å². The van der Waals surface area contributed by atoms with E-state index in [1.165, 1.54) is 0 Å². The highest BCUT2D eigenvalue weighted by Crippen LogP contribution is 2.18. The first-order valence-electron chi connectivity index (χ1n) is 1.99. The zero-order valence-corrected chi connectivity index (χ0v) is 7.03. The molecule has 0 aromatic heterocycles. The number of rotatable bonds is 0. The second kappa shape index (κ2) is 2.55. The fraction of sp³-hybridized carbons (Fsp3) is 0. The minimum Gasteiger partial charge on any atom is -0.591 e. The molecule has 1 aliphatic heterocycles. The summed E-state index contributed by atoms with van der Waals surface area (Å²) in [5.41, 5.74) is 6.54. The van der Waals surface area contributed by atoms with Crippen molar-refractivity contribution >= 4 is 31.9 Å². The fourth-order valence-corrected chi connectivity index (χ4v) is 0.765. The third kappa shape index (κ3) is 1.52. The molecule has 0 fully saturated rings. The van der Waals surface area contributed by atoms with Crippen LogP contribution in [0.3, 0.4) is 0 Å². The molecule has 1 heterocycles. The standard InChI is InChI=1S/C4H3Br2N2/c5-3-1-2-4(6)8-7-3/h1-2,7H/q-1. The first-order chi connectivity index (χ1) is 3.79. The number of allylic oxidation sites excluding steroid dienone is 2. The van der Waals surface area contributed by atoms with E-state index in [0.717, 1.165) is 9.21 Å². The van der Waals surface area contributed by atoms with Crippen molar-refractivity contribution in [3.05, 3.63) is 26.8 Å². The summed E-state index contributed by atoms with van der Waals surface area (Å²) in [5.74, 6) is 0. The Labute approximate surface area is 64.3 Å². The zero-order valence-electron chi connectivity index (χ0n) is 3.86. The molecule has 4 heteroatoms. The van der Waals surface area contributed by atoms with E-state index in [1.807, 2.05) is 12.2 Å². The largest absolute Gasteiger partial charge is 0.591 e. The summed E-state index contributed by atoms with van der Waals surface area (Å²) in [6, 6.07) is 0. The molecule has 1 aliphatic rings. The second-order valence-electron chi connectivity index (χ2n) is 1.23. The molecule has 0 saturated carbocycles. The van der Waals surface area contributed by atoms with Crippen molar-refractivity contribution in [1.82, 2.24) is 5.43 Å². The maximum atomic E-state index is 3.82. The van der Waals surface area contributed by atoms with E-state index >= 15 is 0 Å². The third-order valence-corrected chi connectivity index (χ3v) is 1.52. The lowest BCUT2D eigenvalue weighted by Crippen LogP contribution is -2.03. The molecule has 0 saturated heterocycles. The number of halogens is 2. The SMILES string of the molecule is BrC1=CC=C(Br)N[N-]1. The highest BCUT2D eigenvalue weighted by atomic mass is 79.9. The molecule has 0 spiro atoms. The second-order valence-corrected chi connectivity index (χ2v) is 2.89. The van der Waals surface area contributed by atoms with Crippen LogP contribution in [0.2, 0.25) is 0 Å². The summed E-state index contributed by atoms with van der Waals surface area (Å²) in [7, 11) is 0. The van der Waals surface area contributed by atoms with Crippen LogP contribution in [0.25, 0.3) is 5.43 Å². The molecule has 1 N–H and O–H groups in total. The minimum absolute atomic E-state index is 0.806. The van der Waals surface area contributed by atoms with Crippen LogP contribution >= 0.6 is 31.9 Å². The number of hydrogen-bond acceptors (Lipinski definition) is 1. The zero-order chi connectivity index (χ0) is 5.98. The van der Waals surface area contributed by atoms with Gasteiger partial charge in [0.05, 0.1) is 4.61 Å². The maximum absolute atomic E-state index is 3.82. The van der Waals surface area contributed by atoms with E-state index in [1.54, 1.807) is 0 Å². The predicted molar refractivity (Wildman–Crippen MR) is 40.5 cm³/mol. The number of nitrogens with zero attached hydrogens (tertiary/aromatic N) is 1. The van der Waals surface area contributed by atoms with Crippen LogP contribution in [0.1, 0.15) is 0 Å². The van der Waals surface area contributed by atoms with E-state index in [-0.39, 0.29) is 0 Å². The van der Waals surface area contributed by atoms with Crippen molar-refractivity contribution < 1.29 is 0 Å². The molecule has 0 amide bonds. The van der Waals surface area contributed by atoms with E-state index in [2.05, 4.69) is 42.7 Å². The summed E-state index contributed by atoms with van der Waals surface area (Å²) in [6.45, 7) is 0. The summed E-state index contributed by atoms with van der Waals surface area (Å²) in [6.07, 6.45) is 3.72. The molecule has 0 radical (unpaired) electrons. The Morgan fingerprint density at radius 2 is 2.12 bits per heavy atom. The molecule has 0 unspecified atom stereocenters. The van der Waals surface area contributed by atoms with Crippen molar-refractivity contribution in [3.63, 3.8) is 0 Å². The van der Waals surface area contributed by atoms with Crippen LogP contribution in [-0.2, 0) is 0 Å². The van der Waals surface area contributed by atoms with Crippen LogP contribution in [-0.4, -0.2) is 0 Å². The monoisotopic (exact) mass is 237 g/mol. The third-order valence-electron chi connectivity index (χ3n) is 0.637. The van der Waals surface area contributed by atoms with E-state index in [9.17, 15) is 0 Å². The lowest BCUT2D eigenvalue weighted by atomic mass is 10.5. The molecule has 8 heavy (non-hydrogen) atoms. The Kier molecular flexibility index (Phi) is 1.96. The predicted octanol–water partition coefficient (Wildman–Crippen LogP) is 2.35.